The molecule has 0 aliphatic heterocycles. The minimum absolute atomic E-state index is 0.0616. The highest BCUT2D eigenvalue weighted by Crippen LogP contribution is 2.14. The maximum atomic E-state index is 12.1. The third-order valence-corrected chi connectivity index (χ3v) is 4.33. The van der Waals surface area contributed by atoms with Crippen molar-refractivity contribution in [1.82, 2.24) is 24.5 Å². The number of urea groups is 1. The number of aryl methyl sites for hydroxylation is 1. The van der Waals surface area contributed by atoms with E-state index >= 15 is 0 Å². The number of carbonyl (C=O) groups is 1. The standard InChI is InChI=1S/C11H14N6O4S/c1-7-6-8(21-3)14-10(13-7)15-11(18)17(2)22(19,20)9-4-5-12-16-9/h4-6H,1-3H3,(H,12,16)(H,13,14,15,18). The smallest absolute Gasteiger partial charge is 0.337 e. The number of rotatable bonds is 4. The van der Waals surface area contributed by atoms with Crippen LogP contribution in [-0.4, -0.2) is 53.1 Å². The highest BCUT2D eigenvalue weighted by molar-refractivity contribution is 7.89. The summed E-state index contributed by atoms with van der Waals surface area (Å²) in [6.07, 6.45) is 1.27. The van der Waals surface area contributed by atoms with Crippen LogP contribution in [0.2, 0.25) is 0 Å². The van der Waals surface area contributed by atoms with Crippen LogP contribution in [0, 0.1) is 6.92 Å². The van der Waals surface area contributed by atoms with Crippen LogP contribution >= 0.6 is 0 Å². The van der Waals surface area contributed by atoms with E-state index in [0.29, 0.717) is 10.00 Å². The van der Waals surface area contributed by atoms with Crippen LogP contribution in [0.15, 0.2) is 23.4 Å². The fraction of sp³-hybridized carbons (Fsp3) is 0.273. The van der Waals surface area contributed by atoms with Gasteiger partial charge < -0.3 is 4.74 Å². The van der Waals surface area contributed by atoms with Gasteiger partial charge in [-0.3, -0.25) is 10.4 Å². The number of amides is 2. The van der Waals surface area contributed by atoms with Gasteiger partial charge in [0, 0.05) is 18.8 Å². The molecule has 0 aliphatic carbocycles. The summed E-state index contributed by atoms with van der Waals surface area (Å²) in [6, 6.07) is 1.90. The van der Waals surface area contributed by atoms with Crippen LogP contribution in [-0.2, 0) is 10.0 Å². The summed E-state index contributed by atoms with van der Waals surface area (Å²) in [4.78, 5) is 19.9. The molecule has 11 heteroatoms. The van der Waals surface area contributed by atoms with Gasteiger partial charge in [0.15, 0.2) is 5.03 Å². The summed E-state index contributed by atoms with van der Waals surface area (Å²) in [5.41, 5.74) is 0.557. The number of sulfonamides is 1. The molecule has 0 aromatic carbocycles. The molecule has 2 N–H and O–H groups in total. The molecule has 2 amide bonds. The molecule has 10 nitrogen and oxygen atoms in total. The number of nitrogens with one attached hydrogen (secondary N) is 2. The van der Waals surface area contributed by atoms with E-state index in [1.54, 1.807) is 13.0 Å². The number of methoxy groups -OCH3 is 1. The SMILES string of the molecule is COc1cc(C)nc(NC(=O)N(C)S(=O)(=O)c2ccn[nH]2)n1. The predicted molar refractivity (Wildman–Crippen MR) is 75.9 cm³/mol. The Balaban J connectivity index is 2.20. The third kappa shape index (κ3) is 3.14. The van der Waals surface area contributed by atoms with E-state index in [0.717, 1.165) is 7.05 Å². The van der Waals surface area contributed by atoms with Gasteiger partial charge in [0.25, 0.3) is 10.0 Å². The molecule has 0 fully saturated rings. The van der Waals surface area contributed by atoms with Gasteiger partial charge in [-0.1, -0.05) is 0 Å². The van der Waals surface area contributed by atoms with Crippen molar-refractivity contribution < 1.29 is 17.9 Å². The van der Waals surface area contributed by atoms with Crippen molar-refractivity contribution in [2.24, 2.45) is 0 Å². The number of aromatic nitrogens is 4. The summed E-state index contributed by atoms with van der Waals surface area (Å²) >= 11 is 0. The molecule has 0 radical (unpaired) electrons. The van der Waals surface area contributed by atoms with Crippen LogP contribution < -0.4 is 10.1 Å². The van der Waals surface area contributed by atoms with Crippen molar-refractivity contribution in [3.05, 3.63) is 24.0 Å². The quantitative estimate of drug-likeness (QED) is 0.830. The highest BCUT2D eigenvalue weighted by atomic mass is 32.2. The molecule has 2 aromatic heterocycles. The van der Waals surface area contributed by atoms with Crippen LogP contribution in [0.3, 0.4) is 0 Å². The zero-order valence-electron chi connectivity index (χ0n) is 12.1. The Morgan fingerprint density at radius 2 is 2.14 bits per heavy atom. The fourth-order valence-corrected chi connectivity index (χ4v) is 2.48. The first-order valence-corrected chi connectivity index (χ1v) is 7.47. The molecule has 2 rings (SSSR count). The van der Waals surface area contributed by atoms with Gasteiger partial charge >= 0.3 is 6.03 Å². The maximum absolute atomic E-state index is 12.1. The molecule has 0 spiro atoms. The first kappa shape index (κ1) is 15.7. The van der Waals surface area contributed by atoms with Gasteiger partial charge in [0.2, 0.25) is 11.8 Å². The summed E-state index contributed by atoms with van der Waals surface area (Å²) in [5.74, 6) is 0.190. The highest BCUT2D eigenvalue weighted by Gasteiger charge is 2.27. The van der Waals surface area contributed by atoms with Gasteiger partial charge in [-0.2, -0.15) is 18.5 Å². The van der Waals surface area contributed by atoms with Crippen molar-refractivity contribution in [1.29, 1.82) is 0 Å². The molecule has 2 heterocycles. The monoisotopic (exact) mass is 326 g/mol. The zero-order chi connectivity index (χ0) is 16.3. The minimum Gasteiger partial charge on any atom is -0.481 e. The average molecular weight is 326 g/mol. The lowest BCUT2D eigenvalue weighted by atomic mass is 10.4. The molecule has 0 aliphatic rings. The second-order valence-corrected chi connectivity index (χ2v) is 6.14. The van der Waals surface area contributed by atoms with Crippen molar-refractivity contribution in [3.63, 3.8) is 0 Å². The van der Waals surface area contributed by atoms with Gasteiger partial charge in [-0.05, 0) is 13.0 Å². The van der Waals surface area contributed by atoms with Crippen LogP contribution in [0.5, 0.6) is 5.88 Å². The average Bonchev–Trinajstić information content (AvgIpc) is 3.00. The van der Waals surface area contributed by atoms with Gasteiger partial charge in [0.1, 0.15) is 0 Å². The van der Waals surface area contributed by atoms with Crippen LogP contribution in [0.25, 0.3) is 0 Å². The number of carbonyl (C=O) groups excluding carboxylic acids is 1. The number of nitrogens with zero attached hydrogens (tertiary/aromatic N) is 4. The van der Waals surface area contributed by atoms with E-state index in [4.69, 9.17) is 4.74 Å². The van der Waals surface area contributed by atoms with Crippen LogP contribution in [0.1, 0.15) is 5.69 Å². The first-order valence-electron chi connectivity index (χ1n) is 6.03. The van der Waals surface area contributed by atoms with Crippen molar-refractivity contribution in [2.45, 2.75) is 11.9 Å². The minimum atomic E-state index is -4.02. The Kier molecular flexibility index (Phi) is 4.26. The number of hydrogen-bond acceptors (Lipinski definition) is 7. The van der Waals surface area contributed by atoms with E-state index in [-0.39, 0.29) is 16.9 Å². The van der Waals surface area contributed by atoms with E-state index < -0.39 is 16.1 Å². The summed E-state index contributed by atoms with van der Waals surface area (Å²) in [6.45, 7) is 1.69. The molecule has 22 heavy (non-hydrogen) atoms. The van der Waals surface area contributed by atoms with Crippen molar-refractivity contribution in [2.75, 3.05) is 19.5 Å². The molecule has 118 valence electrons. The number of H-pyrrole nitrogens is 1. The molecule has 0 saturated heterocycles. The number of hydrogen-bond donors (Lipinski definition) is 2. The third-order valence-electron chi connectivity index (χ3n) is 2.66. The van der Waals surface area contributed by atoms with Gasteiger partial charge in [-0.25, -0.2) is 14.1 Å². The Morgan fingerprint density at radius 3 is 2.73 bits per heavy atom. The Morgan fingerprint density at radius 1 is 1.41 bits per heavy atom. The molecule has 0 atom stereocenters. The molecule has 2 aromatic rings. The van der Waals surface area contributed by atoms with Crippen LogP contribution in [0.4, 0.5) is 10.7 Å². The lowest BCUT2D eigenvalue weighted by Gasteiger charge is -2.16. The molecular formula is C11H14N6O4S. The van der Waals surface area contributed by atoms with E-state index in [9.17, 15) is 13.2 Å². The lowest BCUT2D eigenvalue weighted by molar-refractivity contribution is 0.240. The van der Waals surface area contributed by atoms with E-state index in [1.807, 2.05) is 0 Å². The molecule has 0 unspecified atom stereocenters. The number of ether oxygens (including phenoxy) is 1. The molecular weight excluding hydrogens is 312 g/mol. The van der Waals surface area contributed by atoms with Gasteiger partial charge in [-0.15, -0.1) is 0 Å². The molecule has 0 bridgehead atoms. The van der Waals surface area contributed by atoms with E-state index in [1.165, 1.54) is 19.4 Å². The summed E-state index contributed by atoms with van der Waals surface area (Å²) in [5, 5.41) is 7.93. The topological polar surface area (TPSA) is 130 Å². The normalized spacial score (nSPS) is 11.0. The largest absolute Gasteiger partial charge is 0.481 e. The van der Waals surface area contributed by atoms with Gasteiger partial charge in [0.05, 0.1) is 13.3 Å². The second kappa shape index (κ2) is 5.97. The number of aromatic amines is 1. The Bertz CT molecular complexity index is 774. The predicted octanol–water partition coefficient (Wildman–Crippen LogP) is 0.369. The summed E-state index contributed by atoms with van der Waals surface area (Å²) in [7, 11) is -1.50. The van der Waals surface area contributed by atoms with E-state index in [2.05, 4.69) is 25.5 Å². The molecule has 0 saturated carbocycles. The Labute approximate surface area is 126 Å². The van der Waals surface area contributed by atoms with Crippen molar-refractivity contribution >= 4 is 22.0 Å². The summed E-state index contributed by atoms with van der Waals surface area (Å²) < 4.78 is 29.8. The fourth-order valence-electron chi connectivity index (χ4n) is 1.52. The first-order chi connectivity index (χ1) is 10.3. The zero-order valence-corrected chi connectivity index (χ0v) is 12.9. The van der Waals surface area contributed by atoms with Crippen molar-refractivity contribution in [3.8, 4) is 5.88 Å². The number of anilines is 1. The Hall–Kier alpha value is -2.69. The maximum Gasteiger partial charge on any atom is 0.337 e. The lowest BCUT2D eigenvalue weighted by Crippen LogP contribution is -2.37. The second-order valence-electron chi connectivity index (χ2n) is 4.20.